The summed E-state index contributed by atoms with van der Waals surface area (Å²) in [4.78, 5) is 12.1. The van der Waals surface area contributed by atoms with Gasteiger partial charge in [0.2, 0.25) is 0 Å². The number of benzene rings is 2. The Labute approximate surface area is 121 Å². The lowest BCUT2D eigenvalue weighted by Gasteiger charge is -2.04. The van der Waals surface area contributed by atoms with Gasteiger partial charge in [0, 0.05) is 5.56 Å². The number of carbonyl (C=O) groups is 1. The van der Waals surface area contributed by atoms with E-state index < -0.39 is 0 Å². The number of para-hydroxylation sites is 2. The number of phenolic OH excluding ortho intramolecular Hbond substituents is 1. The first-order valence-corrected chi connectivity index (χ1v) is 6.44. The normalized spacial score (nSPS) is 10.3. The average Bonchev–Trinajstić information content (AvgIpc) is 3.00. The maximum absolute atomic E-state index is 12.1. The fourth-order valence-electron chi connectivity index (χ4n) is 1.96. The van der Waals surface area contributed by atoms with Crippen LogP contribution < -0.4 is 5.32 Å². The number of phenols is 1. The largest absolute Gasteiger partial charge is 0.506 e. The number of nitrogens with zero attached hydrogens (tertiary/aromatic N) is 1. The molecule has 0 bridgehead atoms. The van der Waals surface area contributed by atoms with Gasteiger partial charge in [-0.2, -0.15) is 5.10 Å². The van der Waals surface area contributed by atoms with Crippen molar-refractivity contribution in [2.45, 2.75) is 0 Å². The molecule has 0 fully saturated rings. The Balaban J connectivity index is 1.80. The molecule has 0 saturated carbocycles. The lowest BCUT2D eigenvalue weighted by Crippen LogP contribution is -2.12. The molecule has 1 heterocycles. The molecule has 1 amide bonds. The van der Waals surface area contributed by atoms with Crippen LogP contribution in [0.4, 0.5) is 5.69 Å². The molecule has 0 aliphatic carbocycles. The molecule has 2 aromatic carbocycles. The van der Waals surface area contributed by atoms with E-state index in [1.807, 2.05) is 30.3 Å². The number of amides is 1. The second-order valence-electron chi connectivity index (χ2n) is 4.50. The Morgan fingerprint density at radius 3 is 2.52 bits per heavy atom. The van der Waals surface area contributed by atoms with E-state index in [9.17, 15) is 9.90 Å². The van der Waals surface area contributed by atoms with Crippen LogP contribution in [0.25, 0.3) is 11.3 Å². The number of aromatic hydroxyl groups is 1. The summed E-state index contributed by atoms with van der Waals surface area (Å²) in [5, 5.41) is 19.1. The van der Waals surface area contributed by atoms with E-state index in [1.54, 1.807) is 24.3 Å². The van der Waals surface area contributed by atoms with Crippen molar-refractivity contribution in [2.75, 3.05) is 5.32 Å². The van der Waals surface area contributed by atoms with Gasteiger partial charge in [-0.05, 0) is 18.2 Å². The van der Waals surface area contributed by atoms with Gasteiger partial charge >= 0.3 is 0 Å². The zero-order valence-electron chi connectivity index (χ0n) is 11.1. The molecule has 1 aromatic heterocycles. The molecule has 3 aromatic rings. The molecular formula is C16H13N3O2. The molecule has 0 atom stereocenters. The molecule has 0 aliphatic heterocycles. The topological polar surface area (TPSA) is 78.0 Å². The van der Waals surface area contributed by atoms with E-state index in [4.69, 9.17) is 0 Å². The predicted molar refractivity (Wildman–Crippen MR) is 80.1 cm³/mol. The van der Waals surface area contributed by atoms with Gasteiger partial charge in [0.1, 0.15) is 11.4 Å². The quantitative estimate of drug-likeness (QED) is 0.645. The summed E-state index contributed by atoms with van der Waals surface area (Å²) in [6.45, 7) is 0. The predicted octanol–water partition coefficient (Wildman–Crippen LogP) is 3.03. The van der Waals surface area contributed by atoms with Gasteiger partial charge < -0.3 is 10.4 Å². The molecule has 5 heteroatoms. The third-order valence-electron chi connectivity index (χ3n) is 3.04. The molecule has 5 nitrogen and oxygen atoms in total. The van der Waals surface area contributed by atoms with Crippen molar-refractivity contribution < 1.29 is 9.90 Å². The first-order chi connectivity index (χ1) is 10.2. The SMILES string of the molecule is O=C(Nc1ccccc1O)c1cc(-c2ccccc2)n[nH]1. The maximum atomic E-state index is 12.1. The van der Waals surface area contributed by atoms with Crippen LogP contribution in [-0.4, -0.2) is 21.2 Å². The summed E-state index contributed by atoms with van der Waals surface area (Å²) in [7, 11) is 0. The third-order valence-corrected chi connectivity index (χ3v) is 3.04. The van der Waals surface area contributed by atoms with E-state index >= 15 is 0 Å². The Hall–Kier alpha value is -3.08. The molecule has 0 unspecified atom stereocenters. The highest BCUT2D eigenvalue weighted by atomic mass is 16.3. The smallest absolute Gasteiger partial charge is 0.273 e. The highest BCUT2D eigenvalue weighted by Crippen LogP contribution is 2.23. The summed E-state index contributed by atoms with van der Waals surface area (Å²) in [5.41, 5.74) is 2.31. The summed E-state index contributed by atoms with van der Waals surface area (Å²) < 4.78 is 0. The summed E-state index contributed by atoms with van der Waals surface area (Å²) in [6.07, 6.45) is 0. The summed E-state index contributed by atoms with van der Waals surface area (Å²) in [6, 6.07) is 17.8. The van der Waals surface area contributed by atoms with Crippen LogP contribution in [0.1, 0.15) is 10.5 Å². The second kappa shape index (κ2) is 5.50. The Bertz CT molecular complexity index is 766. The zero-order valence-corrected chi connectivity index (χ0v) is 11.1. The van der Waals surface area contributed by atoms with Crippen LogP contribution in [-0.2, 0) is 0 Å². The van der Waals surface area contributed by atoms with Crippen molar-refractivity contribution in [2.24, 2.45) is 0 Å². The lowest BCUT2D eigenvalue weighted by molar-refractivity contribution is 0.102. The van der Waals surface area contributed by atoms with Crippen molar-refractivity contribution in [3.63, 3.8) is 0 Å². The van der Waals surface area contributed by atoms with Gasteiger partial charge in [-0.1, -0.05) is 42.5 Å². The number of aromatic nitrogens is 2. The summed E-state index contributed by atoms with van der Waals surface area (Å²) in [5.74, 6) is -0.333. The fourth-order valence-corrected chi connectivity index (χ4v) is 1.96. The highest BCUT2D eigenvalue weighted by Gasteiger charge is 2.12. The zero-order chi connectivity index (χ0) is 14.7. The standard InChI is InChI=1S/C16H13N3O2/c20-15-9-5-4-8-12(15)17-16(21)14-10-13(18-19-14)11-6-2-1-3-7-11/h1-10,20H,(H,17,21)(H,18,19). The van der Waals surface area contributed by atoms with Crippen LogP contribution in [0.2, 0.25) is 0 Å². The molecule has 0 radical (unpaired) electrons. The average molecular weight is 279 g/mol. The van der Waals surface area contributed by atoms with Gasteiger partial charge in [0.15, 0.2) is 0 Å². The number of hydrogen-bond acceptors (Lipinski definition) is 3. The van der Waals surface area contributed by atoms with E-state index in [1.165, 1.54) is 6.07 Å². The Morgan fingerprint density at radius 1 is 1.05 bits per heavy atom. The van der Waals surface area contributed by atoms with E-state index in [0.717, 1.165) is 5.56 Å². The minimum Gasteiger partial charge on any atom is -0.506 e. The van der Waals surface area contributed by atoms with Crippen molar-refractivity contribution in [3.8, 4) is 17.0 Å². The number of aromatic amines is 1. The van der Waals surface area contributed by atoms with E-state index in [-0.39, 0.29) is 11.7 Å². The molecule has 3 N–H and O–H groups in total. The van der Waals surface area contributed by atoms with Gasteiger partial charge in [-0.15, -0.1) is 0 Å². The highest BCUT2D eigenvalue weighted by molar-refractivity contribution is 6.04. The van der Waals surface area contributed by atoms with E-state index in [0.29, 0.717) is 17.1 Å². The molecule has 104 valence electrons. The third kappa shape index (κ3) is 2.76. The first kappa shape index (κ1) is 12.9. The monoisotopic (exact) mass is 279 g/mol. The molecular weight excluding hydrogens is 266 g/mol. The molecule has 21 heavy (non-hydrogen) atoms. The van der Waals surface area contributed by atoms with Crippen LogP contribution >= 0.6 is 0 Å². The Morgan fingerprint density at radius 2 is 1.76 bits per heavy atom. The number of nitrogens with one attached hydrogen (secondary N) is 2. The molecule has 0 aliphatic rings. The lowest BCUT2D eigenvalue weighted by atomic mass is 10.1. The minimum atomic E-state index is -0.355. The van der Waals surface area contributed by atoms with Crippen molar-refractivity contribution in [1.82, 2.24) is 10.2 Å². The number of carbonyl (C=O) groups excluding carboxylic acids is 1. The number of hydrogen-bond donors (Lipinski definition) is 3. The maximum Gasteiger partial charge on any atom is 0.273 e. The Kier molecular flexibility index (Phi) is 3.39. The van der Waals surface area contributed by atoms with Crippen molar-refractivity contribution >= 4 is 11.6 Å². The fraction of sp³-hybridized carbons (Fsp3) is 0. The van der Waals surface area contributed by atoms with Crippen LogP contribution in [0.5, 0.6) is 5.75 Å². The molecule has 0 spiro atoms. The second-order valence-corrected chi connectivity index (χ2v) is 4.50. The van der Waals surface area contributed by atoms with Crippen molar-refractivity contribution in [1.29, 1.82) is 0 Å². The van der Waals surface area contributed by atoms with Gasteiger partial charge in [-0.25, -0.2) is 0 Å². The number of anilines is 1. The van der Waals surface area contributed by atoms with Crippen LogP contribution in [0, 0.1) is 0 Å². The van der Waals surface area contributed by atoms with Crippen LogP contribution in [0.3, 0.4) is 0 Å². The summed E-state index contributed by atoms with van der Waals surface area (Å²) >= 11 is 0. The van der Waals surface area contributed by atoms with Gasteiger partial charge in [-0.3, -0.25) is 9.89 Å². The van der Waals surface area contributed by atoms with E-state index in [2.05, 4.69) is 15.5 Å². The molecule has 3 rings (SSSR count). The number of H-pyrrole nitrogens is 1. The first-order valence-electron chi connectivity index (χ1n) is 6.44. The molecule has 0 saturated heterocycles. The van der Waals surface area contributed by atoms with Crippen molar-refractivity contribution in [3.05, 3.63) is 66.4 Å². The van der Waals surface area contributed by atoms with Crippen LogP contribution in [0.15, 0.2) is 60.7 Å². The van der Waals surface area contributed by atoms with Gasteiger partial charge in [0.25, 0.3) is 5.91 Å². The minimum absolute atomic E-state index is 0.0219. The van der Waals surface area contributed by atoms with Gasteiger partial charge in [0.05, 0.1) is 11.4 Å². The number of rotatable bonds is 3.